The third kappa shape index (κ3) is 1.02. The van der Waals surface area contributed by atoms with Crippen LogP contribution in [0.25, 0.3) is 0 Å². The van der Waals surface area contributed by atoms with Crippen molar-refractivity contribution in [1.82, 2.24) is 0 Å². The maximum atomic E-state index is 2.49. The predicted octanol–water partition coefficient (Wildman–Crippen LogP) is 3.13. The molecule has 4 fully saturated rings. The first-order valence-electron chi connectivity index (χ1n) is 5.35. The Morgan fingerprint density at radius 1 is 0.917 bits per heavy atom. The van der Waals surface area contributed by atoms with Crippen LogP contribution < -0.4 is 0 Å². The normalized spacial score (nSPS) is 56.2. The van der Waals surface area contributed by atoms with E-state index in [0.717, 1.165) is 37.0 Å². The zero-order valence-corrected chi connectivity index (χ0v) is 9.60. The van der Waals surface area contributed by atoms with Gasteiger partial charge in [-0.3, -0.25) is 0 Å². The van der Waals surface area contributed by atoms with Crippen LogP contribution in [0.15, 0.2) is 0 Å². The molecule has 4 rings (SSSR count). The quantitative estimate of drug-likeness (QED) is 0.606. The Morgan fingerprint density at radius 2 is 1.33 bits per heavy atom. The van der Waals surface area contributed by atoms with Gasteiger partial charge in [0.1, 0.15) is 0 Å². The molecule has 0 unspecified atom stereocenters. The molecule has 0 amide bonds. The summed E-state index contributed by atoms with van der Waals surface area (Å²) >= 11 is 0.934. The molecule has 0 aromatic heterocycles. The van der Waals surface area contributed by atoms with Crippen LogP contribution in [-0.4, -0.2) is 15.0 Å². The summed E-state index contributed by atoms with van der Waals surface area (Å²) in [7, 11) is 0. The minimum absolute atomic E-state index is 0.905. The molecule has 0 aromatic carbocycles. The van der Waals surface area contributed by atoms with Gasteiger partial charge in [-0.15, -0.1) is 0 Å². The van der Waals surface area contributed by atoms with Crippen molar-refractivity contribution in [2.24, 2.45) is 17.8 Å². The summed E-state index contributed by atoms with van der Waals surface area (Å²) in [6.07, 6.45) is 9.68. The first-order valence-corrected chi connectivity index (χ1v) is 7.92. The molecule has 68 valence electrons. The van der Waals surface area contributed by atoms with Crippen LogP contribution in [0, 0.1) is 17.8 Å². The summed E-state index contributed by atoms with van der Waals surface area (Å²) in [5, 5.41) is 0. The Bertz CT molecular complexity index is 162. The molecule has 0 aliphatic heterocycles. The second kappa shape index (κ2) is 2.51. The molecule has 1 heteroatoms. The van der Waals surface area contributed by atoms with Crippen molar-refractivity contribution in [2.45, 2.75) is 48.7 Å². The minimum atomic E-state index is 0.905. The maximum absolute atomic E-state index is 2.49. The molecule has 0 radical (unpaired) electrons. The average Bonchev–Trinajstić information content (AvgIpc) is 2.02. The van der Waals surface area contributed by atoms with E-state index in [-0.39, 0.29) is 0 Å². The zero-order valence-electron chi connectivity index (χ0n) is 7.88. The molecule has 4 aliphatic rings. The van der Waals surface area contributed by atoms with Gasteiger partial charge in [-0.05, 0) is 0 Å². The summed E-state index contributed by atoms with van der Waals surface area (Å²) in [6.45, 7) is 0. The van der Waals surface area contributed by atoms with Crippen molar-refractivity contribution in [3.05, 3.63) is 0 Å². The molecule has 0 atom stereocenters. The standard InChI is InChI=1S/C11H18Se/c1-12-11-5-8-2-9(6-11)4-10(3-8)7-11/h8-10H,2-7H2,1H3. The first-order chi connectivity index (χ1) is 5.80. The molecular formula is C11H18Se. The monoisotopic (exact) mass is 230 g/mol. The van der Waals surface area contributed by atoms with Crippen LogP contribution in [0.1, 0.15) is 38.5 Å². The van der Waals surface area contributed by atoms with E-state index in [1.807, 2.05) is 0 Å². The van der Waals surface area contributed by atoms with Gasteiger partial charge in [0, 0.05) is 0 Å². The van der Waals surface area contributed by atoms with Crippen molar-refractivity contribution in [3.8, 4) is 0 Å². The van der Waals surface area contributed by atoms with E-state index in [1.54, 1.807) is 38.5 Å². The summed E-state index contributed by atoms with van der Waals surface area (Å²) in [5.74, 6) is 5.98. The molecule has 4 aliphatic carbocycles. The van der Waals surface area contributed by atoms with Gasteiger partial charge < -0.3 is 0 Å². The number of rotatable bonds is 1. The van der Waals surface area contributed by atoms with Crippen LogP contribution >= 0.6 is 0 Å². The van der Waals surface area contributed by atoms with Gasteiger partial charge in [0.05, 0.1) is 0 Å². The molecule has 0 heterocycles. The van der Waals surface area contributed by atoms with Gasteiger partial charge in [-0.25, -0.2) is 0 Å². The fourth-order valence-corrected chi connectivity index (χ4v) is 6.81. The fourth-order valence-electron chi connectivity index (χ4n) is 4.28. The number of hydrogen-bond acceptors (Lipinski definition) is 0. The molecular weight excluding hydrogens is 211 g/mol. The molecule has 12 heavy (non-hydrogen) atoms. The Kier molecular flexibility index (Phi) is 1.65. The third-order valence-corrected chi connectivity index (χ3v) is 7.28. The Balaban J connectivity index is 1.90. The van der Waals surface area contributed by atoms with Crippen molar-refractivity contribution in [1.29, 1.82) is 0 Å². The van der Waals surface area contributed by atoms with Crippen LogP contribution in [-0.2, 0) is 0 Å². The fraction of sp³-hybridized carbons (Fsp3) is 1.00. The molecule has 4 bridgehead atoms. The third-order valence-electron chi connectivity index (χ3n) is 4.42. The van der Waals surface area contributed by atoms with E-state index in [0.29, 0.717) is 0 Å². The Labute approximate surface area is 81.7 Å². The topological polar surface area (TPSA) is 0 Å². The van der Waals surface area contributed by atoms with E-state index in [9.17, 15) is 0 Å². The van der Waals surface area contributed by atoms with E-state index in [1.165, 1.54) is 0 Å². The second-order valence-electron chi connectivity index (χ2n) is 5.30. The Morgan fingerprint density at radius 3 is 1.67 bits per heavy atom. The summed E-state index contributed by atoms with van der Waals surface area (Å²) in [5.41, 5.74) is 0. The van der Waals surface area contributed by atoms with Gasteiger partial charge in [0.25, 0.3) is 0 Å². The van der Waals surface area contributed by atoms with Gasteiger partial charge in [-0.1, -0.05) is 0 Å². The molecule has 0 saturated heterocycles. The van der Waals surface area contributed by atoms with Crippen LogP contribution in [0.4, 0.5) is 0 Å². The van der Waals surface area contributed by atoms with Crippen molar-refractivity contribution in [3.63, 3.8) is 0 Å². The van der Waals surface area contributed by atoms with Crippen molar-refractivity contribution in [2.75, 3.05) is 0 Å². The van der Waals surface area contributed by atoms with Crippen LogP contribution in [0.2, 0.25) is 10.1 Å². The molecule has 0 aromatic rings. The van der Waals surface area contributed by atoms with Gasteiger partial charge in [0.2, 0.25) is 0 Å². The molecule has 0 nitrogen and oxygen atoms in total. The van der Waals surface area contributed by atoms with Crippen LogP contribution in [0.5, 0.6) is 0 Å². The van der Waals surface area contributed by atoms with Gasteiger partial charge >= 0.3 is 81.4 Å². The summed E-state index contributed by atoms with van der Waals surface area (Å²) in [4.78, 5) is 0. The van der Waals surface area contributed by atoms with E-state index < -0.39 is 0 Å². The first kappa shape index (κ1) is 7.88. The second-order valence-corrected chi connectivity index (χ2v) is 7.98. The zero-order chi connectivity index (χ0) is 8.18. The predicted molar refractivity (Wildman–Crippen MR) is 52.5 cm³/mol. The summed E-state index contributed by atoms with van der Waals surface area (Å²) in [6, 6.07) is 0. The molecule has 4 saturated carbocycles. The van der Waals surface area contributed by atoms with Crippen LogP contribution in [0.3, 0.4) is 0 Å². The summed E-state index contributed by atoms with van der Waals surface area (Å²) < 4.78 is 0.905. The Hall–Kier alpha value is 0.519. The SMILES string of the molecule is C[Se]C12CC3CC(CC(C3)C1)C2. The van der Waals surface area contributed by atoms with Crippen molar-refractivity contribution < 1.29 is 0 Å². The van der Waals surface area contributed by atoms with Gasteiger partial charge in [-0.2, -0.15) is 0 Å². The molecule has 0 spiro atoms. The van der Waals surface area contributed by atoms with Crippen molar-refractivity contribution >= 4 is 15.0 Å². The number of hydrogen-bond donors (Lipinski definition) is 0. The molecule has 0 N–H and O–H groups in total. The van der Waals surface area contributed by atoms with E-state index in [4.69, 9.17) is 0 Å². The average molecular weight is 229 g/mol. The van der Waals surface area contributed by atoms with E-state index >= 15 is 0 Å². The van der Waals surface area contributed by atoms with E-state index in [2.05, 4.69) is 5.82 Å². The van der Waals surface area contributed by atoms with Gasteiger partial charge in [0.15, 0.2) is 0 Å².